The van der Waals surface area contributed by atoms with Gasteiger partial charge >= 0.3 is 0 Å². The summed E-state index contributed by atoms with van der Waals surface area (Å²) < 4.78 is 13.1. The van der Waals surface area contributed by atoms with Crippen LogP contribution in [0.2, 0.25) is 0 Å². The van der Waals surface area contributed by atoms with Crippen LogP contribution in [0.5, 0.6) is 0 Å². The Morgan fingerprint density at radius 1 is 1.00 bits per heavy atom. The van der Waals surface area contributed by atoms with E-state index in [-0.39, 0.29) is 29.6 Å². The van der Waals surface area contributed by atoms with Gasteiger partial charge in [0.2, 0.25) is 5.91 Å². The molecule has 1 aromatic heterocycles. The molecule has 5 rings (SSSR count). The molecule has 0 saturated carbocycles. The molecule has 0 spiro atoms. The Kier molecular flexibility index (Phi) is 5.03. The number of hydrogen-bond donors (Lipinski definition) is 2. The number of nitrogens with one attached hydrogen (secondary N) is 2. The van der Waals surface area contributed by atoms with Crippen molar-refractivity contribution in [1.29, 1.82) is 0 Å². The fourth-order valence-corrected chi connectivity index (χ4v) is 4.68. The van der Waals surface area contributed by atoms with Gasteiger partial charge < -0.3 is 10.3 Å². The second-order valence-corrected chi connectivity index (χ2v) is 8.42. The van der Waals surface area contributed by atoms with E-state index in [1.165, 1.54) is 23.9 Å². The number of anilines is 1. The molecule has 0 saturated heterocycles. The van der Waals surface area contributed by atoms with Crippen molar-refractivity contribution >= 4 is 34.3 Å². The summed E-state index contributed by atoms with van der Waals surface area (Å²) in [4.78, 5) is 32.7. The van der Waals surface area contributed by atoms with E-state index in [4.69, 9.17) is 0 Å². The Morgan fingerprint density at radius 2 is 1.77 bits per heavy atom. The first-order chi connectivity index (χ1) is 15.1. The molecule has 1 unspecified atom stereocenters. The van der Waals surface area contributed by atoms with Crippen LogP contribution in [0.4, 0.5) is 10.2 Å². The highest BCUT2D eigenvalue weighted by Crippen LogP contribution is 2.35. The maximum absolute atomic E-state index is 13.1. The molecule has 31 heavy (non-hydrogen) atoms. The molecule has 154 valence electrons. The standard InChI is InChI=1S/C24H18FN3O2S/c25-18-9-5-14(6-10-18)13-31-24-27-22-21(23(30)28-24)19(12-20(29)26-22)17-8-7-15-3-1-2-4-16(15)11-17/h1-11,19H,12-13H2,(H2,26,27,28,29,30). The number of aromatic nitrogens is 2. The van der Waals surface area contributed by atoms with Crippen LogP contribution in [-0.2, 0) is 10.5 Å². The Bertz CT molecular complexity index is 1350. The lowest BCUT2D eigenvalue weighted by atomic mass is 9.86. The highest BCUT2D eigenvalue weighted by Gasteiger charge is 2.31. The number of halogens is 1. The van der Waals surface area contributed by atoms with Crippen LogP contribution in [0.3, 0.4) is 0 Å². The minimum atomic E-state index is -0.360. The van der Waals surface area contributed by atoms with E-state index in [1.54, 1.807) is 12.1 Å². The average molecular weight is 431 g/mol. The summed E-state index contributed by atoms with van der Waals surface area (Å²) in [6.07, 6.45) is 0.193. The summed E-state index contributed by atoms with van der Waals surface area (Å²) in [6.45, 7) is 0. The number of fused-ring (bicyclic) bond motifs is 2. The number of amides is 1. The van der Waals surface area contributed by atoms with Crippen LogP contribution < -0.4 is 10.9 Å². The first-order valence-electron chi connectivity index (χ1n) is 9.87. The van der Waals surface area contributed by atoms with Crippen molar-refractivity contribution in [3.05, 3.63) is 99.6 Å². The maximum atomic E-state index is 13.1. The first-order valence-corrected chi connectivity index (χ1v) is 10.9. The second-order valence-electron chi connectivity index (χ2n) is 7.46. The predicted octanol–water partition coefficient (Wildman–Crippen LogP) is 4.83. The molecule has 2 heterocycles. The van der Waals surface area contributed by atoms with E-state index in [9.17, 15) is 14.0 Å². The van der Waals surface area contributed by atoms with Crippen molar-refractivity contribution in [3.8, 4) is 0 Å². The summed E-state index contributed by atoms with van der Waals surface area (Å²) >= 11 is 1.33. The number of hydrogen-bond acceptors (Lipinski definition) is 4. The van der Waals surface area contributed by atoms with E-state index in [0.717, 1.165) is 21.9 Å². The molecular formula is C24H18FN3O2S. The SMILES string of the molecule is O=C1CC(c2ccc3ccccc3c2)c2c(nc(SCc3ccc(F)cc3)[nH]c2=O)N1. The topological polar surface area (TPSA) is 74.8 Å². The van der Waals surface area contributed by atoms with Crippen molar-refractivity contribution in [2.45, 2.75) is 23.2 Å². The molecule has 1 atom stereocenters. The van der Waals surface area contributed by atoms with Crippen LogP contribution in [0, 0.1) is 5.82 Å². The van der Waals surface area contributed by atoms with E-state index >= 15 is 0 Å². The van der Waals surface area contributed by atoms with Gasteiger partial charge in [0.15, 0.2) is 5.16 Å². The van der Waals surface area contributed by atoms with Crippen molar-refractivity contribution in [3.63, 3.8) is 0 Å². The number of H-pyrrole nitrogens is 1. The van der Waals surface area contributed by atoms with Gasteiger partial charge in [-0.25, -0.2) is 9.37 Å². The molecular weight excluding hydrogens is 413 g/mol. The molecule has 3 aromatic carbocycles. The predicted molar refractivity (Wildman–Crippen MR) is 120 cm³/mol. The number of thioether (sulfide) groups is 1. The number of nitrogens with zero attached hydrogens (tertiary/aromatic N) is 1. The van der Waals surface area contributed by atoms with Crippen molar-refractivity contribution in [1.82, 2.24) is 9.97 Å². The van der Waals surface area contributed by atoms with E-state index < -0.39 is 0 Å². The Balaban J connectivity index is 1.48. The van der Waals surface area contributed by atoms with Gasteiger partial charge in [-0.05, 0) is 34.0 Å². The summed E-state index contributed by atoms with van der Waals surface area (Å²) in [7, 11) is 0. The molecule has 0 aliphatic carbocycles. The first kappa shape index (κ1) is 19.5. The normalized spacial score (nSPS) is 15.5. The number of aromatic amines is 1. The largest absolute Gasteiger partial charge is 0.310 e. The monoisotopic (exact) mass is 431 g/mol. The third-order valence-electron chi connectivity index (χ3n) is 5.39. The minimum absolute atomic E-state index is 0.168. The van der Waals surface area contributed by atoms with Crippen molar-refractivity contribution in [2.24, 2.45) is 0 Å². The zero-order valence-electron chi connectivity index (χ0n) is 16.4. The van der Waals surface area contributed by atoms with Crippen molar-refractivity contribution in [2.75, 3.05) is 5.32 Å². The van der Waals surface area contributed by atoms with E-state index in [2.05, 4.69) is 15.3 Å². The van der Waals surface area contributed by atoms with Crippen LogP contribution >= 0.6 is 11.8 Å². The lowest BCUT2D eigenvalue weighted by Gasteiger charge is -2.24. The third kappa shape index (κ3) is 3.96. The van der Waals surface area contributed by atoms with Gasteiger partial charge in [-0.3, -0.25) is 9.59 Å². The number of carbonyl (C=O) groups excluding carboxylic acids is 1. The molecule has 2 N–H and O–H groups in total. The lowest BCUT2D eigenvalue weighted by molar-refractivity contribution is -0.116. The van der Waals surface area contributed by atoms with Crippen LogP contribution in [0.15, 0.2) is 76.7 Å². The molecule has 0 bridgehead atoms. The summed E-state index contributed by atoms with van der Waals surface area (Å²) in [5, 5.41) is 5.32. The molecule has 4 aromatic rings. The van der Waals surface area contributed by atoms with Gasteiger partial charge in [0.05, 0.1) is 5.56 Å². The Labute approximate surface area is 181 Å². The van der Waals surface area contributed by atoms with Crippen LogP contribution in [0.1, 0.15) is 29.0 Å². The third-order valence-corrected chi connectivity index (χ3v) is 6.34. The van der Waals surface area contributed by atoms with E-state index in [0.29, 0.717) is 22.3 Å². The van der Waals surface area contributed by atoms with Gasteiger partial charge in [-0.15, -0.1) is 0 Å². The van der Waals surface area contributed by atoms with Gasteiger partial charge in [0.25, 0.3) is 5.56 Å². The molecule has 0 radical (unpaired) electrons. The summed E-state index contributed by atoms with van der Waals surface area (Å²) in [5.74, 6) is -0.000356. The van der Waals surface area contributed by atoms with Crippen LogP contribution in [-0.4, -0.2) is 15.9 Å². The summed E-state index contributed by atoms with van der Waals surface area (Å²) in [6, 6.07) is 20.2. The van der Waals surface area contributed by atoms with Crippen molar-refractivity contribution < 1.29 is 9.18 Å². The number of rotatable bonds is 4. The number of benzene rings is 3. The molecule has 1 aliphatic rings. The van der Waals surface area contributed by atoms with Gasteiger partial charge in [-0.1, -0.05) is 66.4 Å². The fraction of sp³-hybridized carbons (Fsp3) is 0.125. The zero-order chi connectivity index (χ0) is 21.4. The summed E-state index contributed by atoms with van der Waals surface area (Å²) in [5.41, 5.74) is 2.03. The van der Waals surface area contributed by atoms with E-state index in [1.807, 2.05) is 42.5 Å². The quantitative estimate of drug-likeness (QED) is 0.359. The maximum Gasteiger partial charge on any atom is 0.257 e. The molecule has 1 aliphatic heterocycles. The fourth-order valence-electron chi connectivity index (χ4n) is 3.86. The van der Waals surface area contributed by atoms with Gasteiger partial charge in [-0.2, -0.15) is 0 Å². The molecule has 0 fully saturated rings. The Hall–Kier alpha value is -3.45. The zero-order valence-corrected chi connectivity index (χ0v) is 17.2. The van der Waals surface area contributed by atoms with Gasteiger partial charge in [0.1, 0.15) is 11.6 Å². The smallest absolute Gasteiger partial charge is 0.257 e. The average Bonchev–Trinajstić information content (AvgIpc) is 2.77. The molecule has 7 heteroatoms. The van der Waals surface area contributed by atoms with Gasteiger partial charge in [0, 0.05) is 18.1 Å². The number of carbonyl (C=O) groups is 1. The van der Waals surface area contributed by atoms with Crippen LogP contribution in [0.25, 0.3) is 10.8 Å². The lowest BCUT2D eigenvalue weighted by Crippen LogP contribution is -2.31. The second kappa shape index (κ2) is 8.00. The highest BCUT2D eigenvalue weighted by molar-refractivity contribution is 7.98. The minimum Gasteiger partial charge on any atom is -0.310 e. The molecule has 5 nitrogen and oxygen atoms in total. The Morgan fingerprint density at radius 3 is 2.58 bits per heavy atom. The molecule has 1 amide bonds. The highest BCUT2D eigenvalue weighted by atomic mass is 32.2.